The first-order valence-corrected chi connectivity index (χ1v) is 10.8. The van der Waals surface area contributed by atoms with Crippen LogP contribution >= 0.6 is 50.7 Å². The van der Waals surface area contributed by atoms with Crippen molar-refractivity contribution >= 4 is 78.5 Å². The van der Waals surface area contributed by atoms with E-state index >= 15 is 0 Å². The second kappa shape index (κ2) is 7.70. The van der Waals surface area contributed by atoms with E-state index in [1.54, 1.807) is 0 Å². The Hall–Kier alpha value is -0.750. The van der Waals surface area contributed by atoms with Crippen LogP contribution in [-0.2, 0) is 28.9 Å². The molecular formula is C12H12BrCl3N2O7S. The van der Waals surface area contributed by atoms with Crippen LogP contribution in [0.2, 0.25) is 0 Å². The third-order valence-corrected chi connectivity index (χ3v) is 6.52. The number of hydrogen-bond acceptors (Lipinski definition) is 7. The van der Waals surface area contributed by atoms with Crippen LogP contribution in [0, 0.1) is 0 Å². The van der Waals surface area contributed by atoms with Crippen molar-refractivity contribution in [3.63, 3.8) is 0 Å². The smallest absolute Gasteiger partial charge is 0.407 e. The molecule has 1 saturated heterocycles. The minimum atomic E-state index is -3.87. The van der Waals surface area contributed by atoms with E-state index in [9.17, 15) is 22.8 Å². The number of amides is 2. The van der Waals surface area contributed by atoms with Gasteiger partial charge < -0.3 is 14.8 Å². The molecule has 14 heteroatoms. The van der Waals surface area contributed by atoms with Crippen LogP contribution in [-0.4, -0.2) is 71.3 Å². The summed E-state index contributed by atoms with van der Waals surface area (Å²) in [6.07, 6.45) is -0.978. The third kappa shape index (κ3) is 4.22. The van der Waals surface area contributed by atoms with Crippen LogP contribution in [0.5, 0.6) is 0 Å². The Kier molecular flexibility index (Phi) is 6.39. The molecule has 0 spiro atoms. The number of esters is 1. The maximum Gasteiger partial charge on any atom is 0.407 e. The standard InChI is InChI=1S/C12H12BrCl3N2O7S/c1-24-11(21)17-6-8(19)18-7(10(20)25-4-12(14,15)16)5(2-13)3-26(22,23)9(6)18/h6,9H,2-4H2,1H3,(H,17,21). The third-order valence-electron chi connectivity index (χ3n) is 3.54. The number of ether oxygens (including phenoxy) is 2. The number of fused-ring (bicyclic) bond motifs is 1. The van der Waals surface area contributed by atoms with Crippen molar-refractivity contribution in [2.24, 2.45) is 0 Å². The van der Waals surface area contributed by atoms with E-state index in [0.717, 1.165) is 12.0 Å². The van der Waals surface area contributed by atoms with E-state index in [4.69, 9.17) is 39.5 Å². The molecule has 1 N–H and O–H groups in total. The molecule has 146 valence electrons. The number of nitrogens with zero attached hydrogens (tertiary/aromatic N) is 1. The number of halogens is 4. The highest BCUT2D eigenvalue weighted by atomic mass is 79.9. The predicted octanol–water partition coefficient (Wildman–Crippen LogP) is 0.870. The zero-order valence-electron chi connectivity index (χ0n) is 13.0. The van der Waals surface area contributed by atoms with Gasteiger partial charge in [-0.1, -0.05) is 50.7 Å². The summed E-state index contributed by atoms with van der Waals surface area (Å²) in [5.74, 6) is -2.33. The molecule has 2 atom stereocenters. The van der Waals surface area contributed by atoms with E-state index in [0.29, 0.717) is 0 Å². The predicted molar refractivity (Wildman–Crippen MR) is 95.8 cm³/mol. The highest BCUT2D eigenvalue weighted by Gasteiger charge is 2.60. The Labute approximate surface area is 171 Å². The fourth-order valence-electron chi connectivity index (χ4n) is 2.52. The Morgan fingerprint density at radius 3 is 2.50 bits per heavy atom. The first-order valence-electron chi connectivity index (χ1n) is 6.84. The minimum Gasteiger partial charge on any atom is -0.456 e. The number of carbonyl (C=O) groups is 3. The number of methoxy groups -OCH3 is 1. The Balaban J connectivity index is 2.36. The van der Waals surface area contributed by atoms with Gasteiger partial charge in [0.05, 0.1) is 12.9 Å². The van der Waals surface area contributed by atoms with Crippen molar-refractivity contribution in [2.75, 3.05) is 24.8 Å². The van der Waals surface area contributed by atoms with Crippen LogP contribution < -0.4 is 5.32 Å². The summed E-state index contributed by atoms with van der Waals surface area (Å²) >= 11 is 19.7. The number of alkyl halides is 4. The summed E-state index contributed by atoms with van der Waals surface area (Å²) in [5, 5.41) is 0.682. The molecule has 0 saturated carbocycles. The lowest BCUT2D eigenvalue weighted by Crippen LogP contribution is -2.74. The summed E-state index contributed by atoms with van der Waals surface area (Å²) in [5.41, 5.74) is -0.149. The molecule has 0 aromatic carbocycles. The van der Waals surface area contributed by atoms with Crippen LogP contribution in [0.25, 0.3) is 0 Å². The number of carbonyl (C=O) groups excluding carboxylic acids is 3. The molecule has 1 fully saturated rings. The molecule has 2 amide bonds. The number of β-lactam (4-membered cyclic amide) rings is 1. The summed E-state index contributed by atoms with van der Waals surface area (Å²) in [7, 11) is -2.81. The normalized spacial score (nSPS) is 24.5. The number of rotatable bonds is 4. The van der Waals surface area contributed by atoms with Crippen LogP contribution in [0.4, 0.5) is 4.79 Å². The molecule has 2 heterocycles. The Bertz CT molecular complexity index is 780. The van der Waals surface area contributed by atoms with Gasteiger partial charge in [-0.3, -0.25) is 9.69 Å². The zero-order chi connectivity index (χ0) is 19.9. The van der Waals surface area contributed by atoms with Crippen molar-refractivity contribution in [3.8, 4) is 0 Å². The highest BCUT2D eigenvalue weighted by Crippen LogP contribution is 2.38. The lowest BCUT2D eigenvalue weighted by molar-refractivity contribution is -0.151. The second-order valence-electron chi connectivity index (χ2n) is 5.30. The largest absolute Gasteiger partial charge is 0.456 e. The molecule has 2 aliphatic heterocycles. The molecule has 2 aliphatic rings. The Morgan fingerprint density at radius 1 is 1.38 bits per heavy atom. The van der Waals surface area contributed by atoms with E-state index in [1.807, 2.05) is 0 Å². The fraction of sp³-hybridized carbons (Fsp3) is 0.583. The summed E-state index contributed by atoms with van der Waals surface area (Å²) in [6.45, 7) is -0.598. The van der Waals surface area contributed by atoms with Gasteiger partial charge in [-0.2, -0.15) is 0 Å². The van der Waals surface area contributed by atoms with Crippen molar-refractivity contribution < 1.29 is 32.3 Å². The summed E-state index contributed by atoms with van der Waals surface area (Å²) < 4.78 is 32.3. The molecule has 0 aliphatic carbocycles. The van der Waals surface area contributed by atoms with Crippen LogP contribution in [0.3, 0.4) is 0 Å². The lowest BCUT2D eigenvalue weighted by Gasteiger charge is -2.48. The molecule has 0 bridgehead atoms. The van der Waals surface area contributed by atoms with Gasteiger partial charge in [0.15, 0.2) is 15.2 Å². The number of alkyl carbamates (subject to hydrolysis) is 1. The van der Waals surface area contributed by atoms with Gasteiger partial charge in [-0.15, -0.1) is 0 Å². The summed E-state index contributed by atoms with van der Waals surface area (Å²) in [4.78, 5) is 36.8. The SMILES string of the molecule is COC(=O)NC1C(=O)N2C(C(=O)OCC(Cl)(Cl)Cl)=C(CBr)CS(=O)(=O)C12. The molecule has 0 aromatic heterocycles. The lowest BCUT2D eigenvalue weighted by atomic mass is 10.0. The molecule has 9 nitrogen and oxygen atoms in total. The van der Waals surface area contributed by atoms with E-state index in [-0.39, 0.29) is 16.6 Å². The van der Waals surface area contributed by atoms with Crippen molar-refractivity contribution in [1.82, 2.24) is 10.2 Å². The van der Waals surface area contributed by atoms with Gasteiger partial charge in [-0.05, 0) is 5.57 Å². The van der Waals surface area contributed by atoms with Crippen molar-refractivity contribution in [1.29, 1.82) is 0 Å². The Morgan fingerprint density at radius 2 is 2.00 bits per heavy atom. The van der Waals surface area contributed by atoms with E-state index in [1.165, 1.54) is 0 Å². The molecule has 0 radical (unpaired) electrons. The molecule has 0 aromatic rings. The van der Waals surface area contributed by atoms with Gasteiger partial charge in [0, 0.05) is 5.33 Å². The first-order chi connectivity index (χ1) is 11.9. The number of nitrogens with one attached hydrogen (secondary N) is 1. The molecular weight excluding hydrogens is 502 g/mol. The fourth-order valence-corrected chi connectivity index (χ4v) is 5.43. The van der Waals surface area contributed by atoms with Gasteiger partial charge in [-0.25, -0.2) is 18.0 Å². The number of sulfone groups is 1. The van der Waals surface area contributed by atoms with Gasteiger partial charge >= 0.3 is 12.1 Å². The van der Waals surface area contributed by atoms with Gasteiger partial charge in [0.25, 0.3) is 5.91 Å². The van der Waals surface area contributed by atoms with E-state index in [2.05, 4.69) is 26.0 Å². The summed E-state index contributed by atoms with van der Waals surface area (Å²) in [6, 6.07) is -1.37. The molecule has 2 rings (SSSR count). The van der Waals surface area contributed by atoms with Crippen LogP contribution in [0.1, 0.15) is 0 Å². The van der Waals surface area contributed by atoms with Gasteiger partial charge in [0.2, 0.25) is 3.79 Å². The van der Waals surface area contributed by atoms with Crippen molar-refractivity contribution in [3.05, 3.63) is 11.3 Å². The number of hydrogen-bond donors (Lipinski definition) is 1. The minimum absolute atomic E-state index is 0.00394. The second-order valence-corrected chi connectivity index (χ2v) is 10.5. The molecule has 2 unspecified atom stereocenters. The zero-order valence-corrected chi connectivity index (χ0v) is 17.7. The topological polar surface area (TPSA) is 119 Å². The maximum atomic E-state index is 12.5. The quantitative estimate of drug-likeness (QED) is 0.336. The molecule has 26 heavy (non-hydrogen) atoms. The van der Waals surface area contributed by atoms with E-state index < -0.39 is 55.4 Å². The average Bonchev–Trinajstić information content (AvgIpc) is 2.55. The maximum absolute atomic E-state index is 12.5. The van der Waals surface area contributed by atoms with Crippen molar-refractivity contribution in [2.45, 2.75) is 15.2 Å². The van der Waals surface area contributed by atoms with Crippen LogP contribution in [0.15, 0.2) is 11.3 Å². The highest BCUT2D eigenvalue weighted by molar-refractivity contribution is 9.09. The van der Waals surface area contributed by atoms with Gasteiger partial charge in [0.1, 0.15) is 18.3 Å². The average molecular weight is 515 g/mol. The first kappa shape index (κ1) is 21.5. The monoisotopic (exact) mass is 512 g/mol.